The zero-order valence-electron chi connectivity index (χ0n) is 11.5. The first kappa shape index (κ1) is 13.5. The number of aromatic nitrogens is 1. The molecule has 1 N–H and O–H groups in total. The van der Waals surface area contributed by atoms with Crippen LogP contribution in [0.3, 0.4) is 0 Å². The molecule has 4 nitrogen and oxygen atoms in total. The Morgan fingerprint density at radius 3 is 2.89 bits per heavy atom. The summed E-state index contributed by atoms with van der Waals surface area (Å²) in [6.07, 6.45) is 2.36. The van der Waals surface area contributed by atoms with Crippen molar-refractivity contribution < 1.29 is 9.53 Å². The lowest BCUT2D eigenvalue weighted by Gasteiger charge is -2.22. The van der Waals surface area contributed by atoms with Crippen molar-refractivity contribution in [3.63, 3.8) is 0 Å². The topological polar surface area (TPSA) is 45.3 Å². The third kappa shape index (κ3) is 3.28. The summed E-state index contributed by atoms with van der Waals surface area (Å²) in [6, 6.07) is 8.34. The van der Waals surface area contributed by atoms with Crippen molar-refractivity contribution >= 4 is 22.6 Å². The maximum Gasteiger partial charge on any atom is 0.307 e. The summed E-state index contributed by atoms with van der Waals surface area (Å²) in [5, 5.41) is 1.19. The van der Waals surface area contributed by atoms with Gasteiger partial charge in [0.1, 0.15) is 0 Å². The fraction of sp³-hybridized carbons (Fsp3) is 0.400. The fourth-order valence-electron chi connectivity index (χ4n) is 2.17. The standard InChI is InChI=1S/C15H20N2O2/c1-3-17(10-8-15(18)19-4-2)13-5-6-14-12(11-13)7-9-16-14/h5-7,9,11,16H,3-4,8,10H2,1-2H3. The van der Waals surface area contributed by atoms with Crippen molar-refractivity contribution in [2.75, 3.05) is 24.6 Å². The van der Waals surface area contributed by atoms with Crippen LogP contribution in [-0.2, 0) is 9.53 Å². The molecule has 2 rings (SSSR count). The van der Waals surface area contributed by atoms with Crippen molar-refractivity contribution in [1.29, 1.82) is 0 Å². The highest BCUT2D eigenvalue weighted by Gasteiger charge is 2.09. The number of benzene rings is 1. The lowest BCUT2D eigenvalue weighted by atomic mass is 10.2. The van der Waals surface area contributed by atoms with Crippen LogP contribution in [0.5, 0.6) is 0 Å². The molecule has 0 fully saturated rings. The number of nitrogens with zero attached hydrogens (tertiary/aromatic N) is 1. The van der Waals surface area contributed by atoms with E-state index in [2.05, 4.69) is 41.1 Å². The van der Waals surface area contributed by atoms with E-state index in [1.807, 2.05) is 13.1 Å². The first-order valence-electron chi connectivity index (χ1n) is 6.72. The van der Waals surface area contributed by atoms with Gasteiger partial charge in [0.05, 0.1) is 13.0 Å². The molecule has 0 bridgehead atoms. The van der Waals surface area contributed by atoms with Crippen molar-refractivity contribution in [2.24, 2.45) is 0 Å². The Labute approximate surface area is 113 Å². The highest BCUT2D eigenvalue weighted by molar-refractivity contribution is 5.83. The number of aromatic amines is 1. The Morgan fingerprint density at radius 2 is 2.16 bits per heavy atom. The van der Waals surface area contributed by atoms with Gasteiger partial charge < -0.3 is 14.6 Å². The Bertz CT molecular complexity index is 548. The molecular weight excluding hydrogens is 240 g/mol. The first-order chi connectivity index (χ1) is 9.24. The summed E-state index contributed by atoms with van der Waals surface area (Å²) in [5.74, 6) is -0.135. The molecule has 0 radical (unpaired) electrons. The number of hydrogen-bond donors (Lipinski definition) is 1. The Kier molecular flexibility index (Phi) is 4.44. The van der Waals surface area contributed by atoms with Crippen LogP contribution in [0.4, 0.5) is 5.69 Å². The van der Waals surface area contributed by atoms with Gasteiger partial charge in [0.15, 0.2) is 0 Å². The van der Waals surface area contributed by atoms with Crippen molar-refractivity contribution in [1.82, 2.24) is 4.98 Å². The number of hydrogen-bond acceptors (Lipinski definition) is 3. The largest absolute Gasteiger partial charge is 0.466 e. The first-order valence-corrected chi connectivity index (χ1v) is 6.72. The number of esters is 1. The molecule has 1 aromatic carbocycles. The van der Waals surface area contributed by atoms with Gasteiger partial charge in [-0.15, -0.1) is 0 Å². The van der Waals surface area contributed by atoms with Crippen LogP contribution in [0.1, 0.15) is 20.3 Å². The molecule has 0 spiro atoms. The molecule has 4 heteroatoms. The molecule has 0 unspecified atom stereocenters. The van der Waals surface area contributed by atoms with Gasteiger partial charge in [-0.05, 0) is 38.1 Å². The molecule has 1 aromatic heterocycles. The normalized spacial score (nSPS) is 10.6. The summed E-state index contributed by atoms with van der Waals surface area (Å²) in [5.41, 5.74) is 2.27. The van der Waals surface area contributed by atoms with Gasteiger partial charge in [-0.1, -0.05) is 0 Å². The van der Waals surface area contributed by atoms with Crippen molar-refractivity contribution in [3.8, 4) is 0 Å². The maximum absolute atomic E-state index is 11.4. The maximum atomic E-state index is 11.4. The van der Waals surface area contributed by atoms with Crippen LogP contribution >= 0.6 is 0 Å². The Hall–Kier alpha value is -1.97. The number of carbonyl (C=O) groups excluding carboxylic acids is 1. The second-order valence-corrected chi connectivity index (χ2v) is 4.38. The van der Waals surface area contributed by atoms with Gasteiger partial charge in [0, 0.05) is 35.9 Å². The lowest BCUT2D eigenvalue weighted by Crippen LogP contribution is -2.26. The molecule has 19 heavy (non-hydrogen) atoms. The zero-order chi connectivity index (χ0) is 13.7. The van der Waals surface area contributed by atoms with Crippen molar-refractivity contribution in [3.05, 3.63) is 30.5 Å². The number of carbonyl (C=O) groups is 1. The molecule has 0 amide bonds. The van der Waals surface area contributed by atoms with Crippen LogP contribution in [-0.4, -0.2) is 30.6 Å². The minimum absolute atomic E-state index is 0.135. The van der Waals surface area contributed by atoms with Crippen LogP contribution < -0.4 is 4.90 Å². The molecule has 0 aliphatic rings. The highest BCUT2D eigenvalue weighted by Crippen LogP contribution is 2.21. The molecule has 0 saturated heterocycles. The van der Waals surface area contributed by atoms with E-state index in [9.17, 15) is 4.79 Å². The van der Waals surface area contributed by atoms with E-state index >= 15 is 0 Å². The van der Waals surface area contributed by atoms with Gasteiger partial charge in [0.25, 0.3) is 0 Å². The number of rotatable bonds is 6. The van der Waals surface area contributed by atoms with Crippen LogP contribution in [0.15, 0.2) is 30.5 Å². The fourth-order valence-corrected chi connectivity index (χ4v) is 2.17. The quantitative estimate of drug-likeness (QED) is 0.812. The molecule has 0 atom stereocenters. The summed E-state index contributed by atoms with van der Waals surface area (Å²) in [6.45, 7) is 5.92. The number of H-pyrrole nitrogens is 1. The third-order valence-electron chi connectivity index (χ3n) is 3.17. The van der Waals surface area contributed by atoms with Crippen molar-refractivity contribution in [2.45, 2.75) is 20.3 Å². The predicted molar refractivity (Wildman–Crippen MR) is 77.4 cm³/mol. The second kappa shape index (κ2) is 6.27. The third-order valence-corrected chi connectivity index (χ3v) is 3.17. The summed E-state index contributed by atoms with van der Waals surface area (Å²) < 4.78 is 4.96. The van der Waals surface area contributed by atoms with E-state index in [0.29, 0.717) is 19.6 Å². The lowest BCUT2D eigenvalue weighted by molar-refractivity contribution is -0.142. The van der Waals surface area contributed by atoms with Gasteiger partial charge in [-0.25, -0.2) is 0 Å². The van der Waals surface area contributed by atoms with E-state index < -0.39 is 0 Å². The number of fused-ring (bicyclic) bond motifs is 1. The Morgan fingerprint density at radius 1 is 1.32 bits per heavy atom. The van der Waals surface area contributed by atoms with E-state index in [1.54, 1.807) is 0 Å². The smallest absolute Gasteiger partial charge is 0.307 e. The van der Waals surface area contributed by atoms with Gasteiger partial charge in [-0.2, -0.15) is 0 Å². The van der Waals surface area contributed by atoms with E-state index in [4.69, 9.17) is 4.74 Å². The van der Waals surface area contributed by atoms with Gasteiger partial charge >= 0.3 is 5.97 Å². The molecule has 2 aromatic rings. The zero-order valence-corrected chi connectivity index (χ0v) is 11.5. The van der Waals surface area contributed by atoms with Gasteiger partial charge in [-0.3, -0.25) is 4.79 Å². The SMILES string of the molecule is CCOC(=O)CCN(CC)c1ccc2[nH]ccc2c1. The molecular formula is C15H20N2O2. The van der Waals surface area contributed by atoms with E-state index in [1.165, 1.54) is 5.39 Å². The minimum Gasteiger partial charge on any atom is -0.466 e. The molecule has 0 aliphatic heterocycles. The summed E-state index contributed by atoms with van der Waals surface area (Å²) in [4.78, 5) is 16.8. The van der Waals surface area contributed by atoms with E-state index in [-0.39, 0.29) is 5.97 Å². The molecule has 1 heterocycles. The van der Waals surface area contributed by atoms with Crippen LogP contribution in [0.2, 0.25) is 0 Å². The van der Waals surface area contributed by atoms with Gasteiger partial charge in [0.2, 0.25) is 0 Å². The average Bonchev–Trinajstić information content (AvgIpc) is 2.87. The highest BCUT2D eigenvalue weighted by atomic mass is 16.5. The number of ether oxygens (including phenoxy) is 1. The Balaban J connectivity index is 2.05. The summed E-state index contributed by atoms with van der Waals surface area (Å²) >= 11 is 0. The van der Waals surface area contributed by atoms with Crippen LogP contribution in [0.25, 0.3) is 10.9 Å². The minimum atomic E-state index is -0.135. The summed E-state index contributed by atoms with van der Waals surface area (Å²) in [7, 11) is 0. The average molecular weight is 260 g/mol. The molecule has 0 aliphatic carbocycles. The van der Waals surface area contributed by atoms with E-state index in [0.717, 1.165) is 17.7 Å². The monoisotopic (exact) mass is 260 g/mol. The number of nitrogens with one attached hydrogen (secondary N) is 1. The molecule has 102 valence electrons. The molecule has 0 saturated carbocycles. The van der Waals surface area contributed by atoms with Crippen LogP contribution in [0, 0.1) is 0 Å². The number of anilines is 1. The second-order valence-electron chi connectivity index (χ2n) is 4.38. The predicted octanol–water partition coefficient (Wildman–Crippen LogP) is 2.95.